The molecule has 0 aromatic rings. The summed E-state index contributed by atoms with van der Waals surface area (Å²) in [7, 11) is 0. The van der Waals surface area contributed by atoms with E-state index in [0.717, 1.165) is 6.08 Å². The normalized spacial score (nSPS) is 10.9. The van der Waals surface area contributed by atoms with E-state index in [1.54, 1.807) is 12.1 Å². The van der Waals surface area contributed by atoms with Gasteiger partial charge >= 0.3 is 0 Å². The Kier molecular flexibility index (Phi) is 9.37. The van der Waals surface area contributed by atoms with Gasteiger partial charge in [0.05, 0.1) is 11.1 Å². The summed E-state index contributed by atoms with van der Waals surface area (Å²) in [5, 5.41) is 16.1. The molecule has 0 amide bonds. The first-order chi connectivity index (χ1) is 4.72. The first-order valence-corrected chi connectivity index (χ1v) is 2.99. The average molecular weight is 274 g/mol. The maximum atomic E-state index is 8.16. The Morgan fingerprint density at radius 1 is 1.27 bits per heavy atom. The molecule has 0 atom stereocenters. The zero-order valence-electron chi connectivity index (χ0n) is 5.16. The van der Waals surface area contributed by atoms with Gasteiger partial charge in [-0.05, 0) is 6.08 Å². The van der Waals surface area contributed by atoms with Crippen molar-refractivity contribution in [3.8, 4) is 12.1 Å². The summed E-state index contributed by atoms with van der Waals surface area (Å²) in [4.78, 5) is 0. The summed E-state index contributed by atoms with van der Waals surface area (Å²) >= 11 is 10.7. The molecule has 0 bridgehead atoms. The van der Waals surface area contributed by atoms with Crippen LogP contribution in [0.4, 0.5) is 0 Å². The molecule has 0 fully saturated rings. The third-order valence-electron chi connectivity index (χ3n) is 0.612. The number of nitrogens with zero attached hydrogens (tertiary/aromatic N) is 2. The van der Waals surface area contributed by atoms with Crippen LogP contribution in [0.25, 0.3) is 0 Å². The number of halogens is 2. The molecular weight excluding hydrogens is 272 g/mol. The Balaban J connectivity index is 0. The molecule has 0 saturated carbocycles. The summed E-state index contributed by atoms with van der Waals surface area (Å²) in [6.07, 6.45) is 2.40. The van der Waals surface area contributed by atoms with E-state index < -0.39 is 0 Å². The van der Waals surface area contributed by atoms with Gasteiger partial charge < -0.3 is 0 Å². The number of allylic oxidation sites excluding steroid dienone is 4. The van der Waals surface area contributed by atoms with Crippen LogP contribution in [0.15, 0.2) is 22.2 Å². The van der Waals surface area contributed by atoms with E-state index in [2.05, 4.69) is 0 Å². The summed E-state index contributed by atoms with van der Waals surface area (Å²) in [6, 6.07) is 3.34. The smallest absolute Gasteiger partial charge is 0.136 e. The second kappa shape index (κ2) is 7.77. The summed E-state index contributed by atoms with van der Waals surface area (Å²) in [6.45, 7) is 0. The monoisotopic (exact) mass is 274 g/mol. The van der Waals surface area contributed by atoms with E-state index in [1.807, 2.05) is 0 Å². The van der Waals surface area contributed by atoms with Crippen molar-refractivity contribution in [2.45, 2.75) is 0 Å². The minimum atomic E-state index is -0.117. The SMILES string of the molecule is N#CC=CC(Cl)=C(Cl)C#N.[Ru]. The van der Waals surface area contributed by atoms with E-state index in [9.17, 15) is 0 Å². The van der Waals surface area contributed by atoms with E-state index in [-0.39, 0.29) is 29.5 Å². The second-order valence-electron chi connectivity index (χ2n) is 1.24. The Morgan fingerprint density at radius 3 is 2.18 bits per heavy atom. The molecule has 0 saturated heterocycles. The second-order valence-corrected chi connectivity index (χ2v) is 2.02. The maximum absolute atomic E-state index is 8.16. The van der Waals surface area contributed by atoms with E-state index in [1.165, 1.54) is 6.08 Å². The van der Waals surface area contributed by atoms with Crippen molar-refractivity contribution in [3.05, 3.63) is 22.2 Å². The summed E-state index contributed by atoms with van der Waals surface area (Å²) < 4.78 is 0. The molecule has 0 aromatic heterocycles. The molecule has 0 unspecified atom stereocenters. The zero-order chi connectivity index (χ0) is 7.98. The fourth-order valence-corrected chi connectivity index (χ4v) is 0.405. The van der Waals surface area contributed by atoms with Gasteiger partial charge in [0.2, 0.25) is 0 Å². The third kappa shape index (κ3) is 6.08. The van der Waals surface area contributed by atoms with Gasteiger partial charge in [-0.1, -0.05) is 23.2 Å². The van der Waals surface area contributed by atoms with Gasteiger partial charge in [0.1, 0.15) is 11.1 Å². The molecule has 5 heteroatoms. The van der Waals surface area contributed by atoms with Crippen molar-refractivity contribution in [3.63, 3.8) is 0 Å². The van der Waals surface area contributed by atoms with Crippen LogP contribution in [-0.2, 0) is 19.5 Å². The molecular formula is C6H2Cl2N2Ru. The van der Waals surface area contributed by atoms with Crippen LogP contribution >= 0.6 is 23.2 Å². The number of rotatable bonds is 1. The number of hydrogen-bond acceptors (Lipinski definition) is 2. The van der Waals surface area contributed by atoms with Crippen LogP contribution < -0.4 is 0 Å². The third-order valence-corrected chi connectivity index (χ3v) is 1.31. The predicted octanol–water partition coefficient (Wildman–Crippen LogP) is 2.28. The van der Waals surface area contributed by atoms with Gasteiger partial charge in [0, 0.05) is 25.6 Å². The van der Waals surface area contributed by atoms with Crippen LogP contribution in [0.3, 0.4) is 0 Å². The fourth-order valence-electron chi connectivity index (χ4n) is 0.237. The quantitative estimate of drug-likeness (QED) is 0.418. The van der Waals surface area contributed by atoms with Crippen LogP contribution in [0.2, 0.25) is 0 Å². The molecule has 0 aliphatic heterocycles. The molecule has 0 aromatic carbocycles. The molecule has 0 spiro atoms. The van der Waals surface area contributed by atoms with Crippen molar-refractivity contribution >= 4 is 23.2 Å². The predicted molar refractivity (Wildman–Crippen MR) is 39.1 cm³/mol. The summed E-state index contributed by atoms with van der Waals surface area (Å²) in [5.41, 5.74) is 0. The topological polar surface area (TPSA) is 47.6 Å². The maximum Gasteiger partial charge on any atom is 0.136 e. The minimum absolute atomic E-state index is 0. The average Bonchev–Trinajstić information content (AvgIpc) is 1.98. The van der Waals surface area contributed by atoms with Crippen molar-refractivity contribution in [1.82, 2.24) is 0 Å². The van der Waals surface area contributed by atoms with Gasteiger partial charge in [0.15, 0.2) is 0 Å². The van der Waals surface area contributed by atoms with E-state index >= 15 is 0 Å². The first kappa shape index (κ1) is 13.3. The number of hydrogen-bond donors (Lipinski definition) is 0. The van der Waals surface area contributed by atoms with Gasteiger partial charge in [-0.25, -0.2) is 0 Å². The Hall–Kier alpha value is -0.337. The molecule has 11 heavy (non-hydrogen) atoms. The van der Waals surface area contributed by atoms with Gasteiger partial charge in [-0.15, -0.1) is 0 Å². The number of nitriles is 2. The van der Waals surface area contributed by atoms with E-state index in [4.69, 9.17) is 33.7 Å². The van der Waals surface area contributed by atoms with Crippen molar-refractivity contribution in [1.29, 1.82) is 10.5 Å². The van der Waals surface area contributed by atoms with Gasteiger partial charge in [-0.2, -0.15) is 10.5 Å². The molecule has 0 heterocycles. The van der Waals surface area contributed by atoms with Crippen molar-refractivity contribution in [2.75, 3.05) is 0 Å². The minimum Gasteiger partial charge on any atom is -0.193 e. The van der Waals surface area contributed by atoms with Crippen LogP contribution in [0.1, 0.15) is 0 Å². The van der Waals surface area contributed by atoms with Gasteiger partial charge in [-0.3, -0.25) is 0 Å². The Morgan fingerprint density at radius 2 is 1.82 bits per heavy atom. The molecule has 0 aliphatic rings. The molecule has 58 valence electrons. The first-order valence-electron chi connectivity index (χ1n) is 2.24. The zero-order valence-corrected chi connectivity index (χ0v) is 8.41. The van der Waals surface area contributed by atoms with E-state index in [0.29, 0.717) is 0 Å². The Labute approximate surface area is 87.5 Å². The van der Waals surface area contributed by atoms with Crippen LogP contribution in [-0.4, -0.2) is 0 Å². The molecule has 0 N–H and O–H groups in total. The molecule has 0 aliphatic carbocycles. The molecule has 0 radical (unpaired) electrons. The van der Waals surface area contributed by atoms with Crippen molar-refractivity contribution < 1.29 is 19.5 Å². The molecule has 2 nitrogen and oxygen atoms in total. The Bertz CT molecular complexity index is 257. The standard InChI is InChI=1S/C6H2Cl2N2.Ru/c7-5(2-1-3-9)6(8)4-10;/h1-2H;. The fraction of sp³-hybridized carbons (Fsp3) is 0. The van der Waals surface area contributed by atoms with Crippen LogP contribution in [0, 0.1) is 22.7 Å². The van der Waals surface area contributed by atoms with Crippen LogP contribution in [0.5, 0.6) is 0 Å². The van der Waals surface area contributed by atoms with Crippen molar-refractivity contribution in [2.24, 2.45) is 0 Å². The molecule has 0 rings (SSSR count). The van der Waals surface area contributed by atoms with Gasteiger partial charge in [0.25, 0.3) is 0 Å². The summed E-state index contributed by atoms with van der Waals surface area (Å²) in [5.74, 6) is 0. The largest absolute Gasteiger partial charge is 0.193 e.